The minimum atomic E-state index is -1.05. The first-order valence-electron chi connectivity index (χ1n) is 19.8. The summed E-state index contributed by atoms with van der Waals surface area (Å²) in [4.78, 5) is 51.4. The molecule has 0 radical (unpaired) electrons. The number of aliphatic carboxylic acids is 4. The molecule has 0 fully saturated rings. The highest BCUT2D eigenvalue weighted by atomic mass is 16.4. The number of carbonyl (C=O) groups is 4. The van der Waals surface area contributed by atoms with Gasteiger partial charge in [-0.3, -0.25) is 19.2 Å². The zero-order valence-corrected chi connectivity index (χ0v) is 32.7. The minimum Gasteiger partial charge on any atom is -0.481 e. The minimum absolute atomic E-state index is 0.103. The van der Waals surface area contributed by atoms with Gasteiger partial charge in [0.25, 0.3) is 0 Å². The van der Waals surface area contributed by atoms with Crippen molar-refractivity contribution in [2.45, 2.75) is 184 Å². The Bertz CT molecular complexity index is 775. The molecule has 0 aliphatic carbocycles. The molecule has 0 aliphatic rings. The molecule has 0 spiro atoms. The highest BCUT2D eigenvalue weighted by molar-refractivity contribution is 5.72. The molecule has 8 heteroatoms. The van der Waals surface area contributed by atoms with Crippen LogP contribution in [0.3, 0.4) is 0 Å². The van der Waals surface area contributed by atoms with E-state index < -0.39 is 53.0 Å². The quantitative estimate of drug-likeness (QED) is 0.0508. The van der Waals surface area contributed by atoms with Crippen LogP contribution < -0.4 is 0 Å². The maximum atomic E-state index is 12.8. The van der Waals surface area contributed by atoms with E-state index in [2.05, 4.69) is 55.4 Å². The van der Waals surface area contributed by atoms with E-state index in [0.29, 0.717) is 75.0 Å². The molecule has 0 rings (SSSR count). The largest absolute Gasteiger partial charge is 0.481 e. The molecular weight excluding hydrogens is 620 g/mol. The van der Waals surface area contributed by atoms with Crippen molar-refractivity contribution in [2.75, 3.05) is 0 Å². The van der Waals surface area contributed by atoms with Crippen LogP contribution in [0.15, 0.2) is 0 Å². The second-order valence-corrected chi connectivity index (χ2v) is 17.2. The third kappa shape index (κ3) is 23.1. The highest BCUT2D eigenvalue weighted by Crippen LogP contribution is 2.48. The molecule has 49 heavy (non-hydrogen) atoms. The van der Waals surface area contributed by atoms with Gasteiger partial charge < -0.3 is 20.4 Å². The van der Waals surface area contributed by atoms with Gasteiger partial charge in [0.1, 0.15) is 0 Å². The van der Waals surface area contributed by atoms with E-state index in [1.54, 1.807) is 0 Å². The summed E-state index contributed by atoms with van der Waals surface area (Å²) in [6.07, 6.45) is 12.3. The van der Waals surface area contributed by atoms with Crippen molar-refractivity contribution in [3.8, 4) is 0 Å². The van der Waals surface area contributed by atoms with Crippen molar-refractivity contribution in [2.24, 2.45) is 52.8 Å². The Balaban J connectivity index is 6.90. The van der Waals surface area contributed by atoms with Crippen LogP contribution in [0.1, 0.15) is 184 Å². The maximum absolute atomic E-state index is 12.8. The van der Waals surface area contributed by atoms with Crippen LogP contribution in [-0.2, 0) is 19.2 Å². The average molecular weight is 697 g/mol. The van der Waals surface area contributed by atoms with Gasteiger partial charge in [0.05, 0.1) is 23.7 Å². The molecule has 0 aromatic heterocycles. The molecule has 0 aliphatic heterocycles. The van der Waals surface area contributed by atoms with Crippen LogP contribution >= 0.6 is 0 Å². The smallest absolute Gasteiger partial charge is 0.306 e. The second kappa shape index (κ2) is 25.8. The Hall–Kier alpha value is -2.12. The summed E-state index contributed by atoms with van der Waals surface area (Å²) in [6, 6.07) is 0. The summed E-state index contributed by atoms with van der Waals surface area (Å²) in [5.74, 6) is -5.08. The maximum Gasteiger partial charge on any atom is 0.306 e. The third-order valence-electron chi connectivity index (χ3n) is 10.5. The first-order chi connectivity index (χ1) is 22.9. The lowest BCUT2D eigenvalue weighted by molar-refractivity contribution is -0.148. The second-order valence-electron chi connectivity index (χ2n) is 17.2. The Labute approximate surface area is 299 Å². The van der Waals surface area contributed by atoms with Crippen LogP contribution in [-0.4, -0.2) is 44.3 Å². The normalized spacial score (nSPS) is 15.8. The molecule has 0 aromatic rings. The van der Waals surface area contributed by atoms with Crippen molar-refractivity contribution >= 4 is 23.9 Å². The van der Waals surface area contributed by atoms with Crippen molar-refractivity contribution in [3.05, 3.63) is 0 Å². The van der Waals surface area contributed by atoms with Gasteiger partial charge in [0.15, 0.2) is 0 Å². The molecule has 4 atom stereocenters. The number of unbranched alkanes of at least 4 members (excludes halogenated alkanes) is 4. The highest BCUT2D eigenvalue weighted by Gasteiger charge is 2.44. The average Bonchev–Trinajstić information content (AvgIpc) is 2.98. The van der Waals surface area contributed by atoms with Crippen molar-refractivity contribution < 1.29 is 39.6 Å². The molecule has 0 heterocycles. The Morgan fingerprint density at radius 2 is 0.510 bits per heavy atom. The Morgan fingerprint density at radius 3 is 0.653 bits per heavy atom. The summed E-state index contributed by atoms with van der Waals surface area (Å²) in [5, 5.41) is 42.0. The van der Waals surface area contributed by atoms with Crippen LogP contribution in [0.2, 0.25) is 0 Å². The van der Waals surface area contributed by atoms with Gasteiger partial charge in [-0.05, 0) is 80.5 Å². The number of rotatable bonds is 32. The summed E-state index contributed by atoms with van der Waals surface area (Å²) in [7, 11) is 0. The van der Waals surface area contributed by atoms with Gasteiger partial charge in [-0.25, -0.2) is 0 Å². The van der Waals surface area contributed by atoms with Crippen LogP contribution in [0, 0.1) is 52.8 Å². The molecule has 288 valence electrons. The predicted molar refractivity (Wildman–Crippen MR) is 199 cm³/mol. The summed E-state index contributed by atoms with van der Waals surface area (Å²) in [6.45, 7) is 17.1. The number of hydrogen-bond donors (Lipinski definition) is 4. The number of carboxylic acid groups (broad SMARTS) is 4. The predicted octanol–water partition coefficient (Wildman–Crippen LogP) is 11.2. The van der Waals surface area contributed by atoms with E-state index in [4.69, 9.17) is 0 Å². The van der Waals surface area contributed by atoms with E-state index in [1.165, 1.54) is 0 Å². The Kier molecular flexibility index (Phi) is 24.7. The molecular formula is C41H76O8. The van der Waals surface area contributed by atoms with Crippen LogP contribution in [0.25, 0.3) is 0 Å². The van der Waals surface area contributed by atoms with Crippen molar-refractivity contribution in [1.29, 1.82) is 0 Å². The third-order valence-corrected chi connectivity index (χ3v) is 10.5. The van der Waals surface area contributed by atoms with E-state index in [0.717, 1.165) is 51.4 Å². The van der Waals surface area contributed by atoms with Gasteiger partial charge in [-0.15, -0.1) is 0 Å². The standard InChI is InChI=1S/C41H76O8/c1-29(2)17-9-13-21-33(37(42)43)25-41(26-34(38(44)45)22-14-10-18-30(3)4,27-35(39(46)47)23-15-11-19-31(5)6)28-36(40(48)49)24-16-12-20-32(7)8/h29-36H,9-28H2,1-8H3,(H,42,43)(H,44,45)(H,46,47)(H,48,49). The molecule has 8 nitrogen and oxygen atoms in total. The lowest BCUT2D eigenvalue weighted by Crippen LogP contribution is -2.38. The van der Waals surface area contributed by atoms with E-state index in [-0.39, 0.29) is 25.7 Å². The van der Waals surface area contributed by atoms with Gasteiger partial charge in [-0.2, -0.15) is 0 Å². The SMILES string of the molecule is CC(C)CCCCC(CC(CC(CCCCC(C)C)C(=O)O)(CC(CCCCC(C)C)C(=O)O)CC(CCCCC(C)C)C(=O)O)C(=O)O. The summed E-state index contributed by atoms with van der Waals surface area (Å²) in [5.41, 5.74) is -1.05. The summed E-state index contributed by atoms with van der Waals surface area (Å²) < 4.78 is 0. The topological polar surface area (TPSA) is 149 Å². The molecule has 0 aromatic carbocycles. The first kappa shape index (κ1) is 46.9. The zero-order chi connectivity index (χ0) is 37.6. The van der Waals surface area contributed by atoms with Crippen molar-refractivity contribution in [1.82, 2.24) is 0 Å². The van der Waals surface area contributed by atoms with Gasteiger partial charge in [-0.1, -0.05) is 132 Å². The molecule has 4 N–H and O–H groups in total. The first-order valence-corrected chi connectivity index (χ1v) is 19.8. The fraction of sp³-hybridized carbons (Fsp3) is 0.902. The van der Waals surface area contributed by atoms with Crippen LogP contribution in [0.5, 0.6) is 0 Å². The van der Waals surface area contributed by atoms with E-state index in [1.807, 2.05) is 0 Å². The molecule has 4 unspecified atom stereocenters. The monoisotopic (exact) mass is 697 g/mol. The molecule has 0 saturated carbocycles. The lowest BCUT2D eigenvalue weighted by Gasteiger charge is -2.41. The number of carboxylic acids is 4. The van der Waals surface area contributed by atoms with E-state index in [9.17, 15) is 39.6 Å². The van der Waals surface area contributed by atoms with Crippen LogP contribution in [0.4, 0.5) is 0 Å². The lowest BCUT2D eigenvalue weighted by atomic mass is 9.62. The van der Waals surface area contributed by atoms with Gasteiger partial charge in [0, 0.05) is 0 Å². The fourth-order valence-electron chi connectivity index (χ4n) is 7.62. The van der Waals surface area contributed by atoms with Gasteiger partial charge >= 0.3 is 23.9 Å². The van der Waals surface area contributed by atoms with E-state index >= 15 is 0 Å². The summed E-state index contributed by atoms with van der Waals surface area (Å²) >= 11 is 0. The molecule has 0 bridgehead atoms. The zero-order valence-electron chi connectivity index (χ0n) is 32.7. The molecule has 0 saturated heterocycles. The fourth-order valence-corrected chi connectivity index (χ4v) is 7.62. The van der Waals surface area contributed by atoms with Crippen molar-refractivity contribution in [3.63, 3.8) is 0 Å². The molecule has 0 amide bonds. The Morgan fingerprint density at radius 1 is 0.347 bits per heavy atom. The number of hydrogen-bond acceptors (Lipinski definition) is 4. The van der Waals surface area contributed by atoms with Gasteiger partial charge in [0.2, 0.25) is 0 Å².